The van der Waals surface area contributed by atoms with Crippen molar-refractivity contribution in [2.75, 3.05) is 38.3 Å². The number of rotatable bonds is 8. The molecule has 0 radical (unpaired) electrons. The first-order chi connectivity index (χ1) is 19.3. The van der Waals surface area contributed by atoms with Gasteiger partial charge in [-0.1, -0.05) is 11.6 Å². The number of hydrogen-bond donors (Lipinski definition) is 1. The highest BCUT2D eigenvalue weighted by Gasteiger charge is 2.33. The number of anilines is 1. The van der Waals surface area contributed by atoms with Crippen LogP contribution in [0.1, 0.15) is 35.8 Å². The van der Waals surface area contributed by atoms with Crippen LogP contribution in [0.25, 0.3) is 16.6 Å². The van der Waals surface area contributed by atoms with Gasteiger partial charge in [0.2, 0.25) is 0 Å². The Morgan fingerprint density at radius 1 is 1.20 bits per heavy atom. The first kappa shape index (κ1) is 27.3. The molecule has 1 fully saturated rings. The van der Waals surface area contributed by atoms with Crippen LogP contribution in [0, 0.1) is 17.1 Å². The maximum Gasteiger partial charge on any atom is 0.271 e. The normalized spacial score (nSPS) is 14.6. The summed E-state index contributed by atoms with van der Waals surface area (Å²) in [5.74, 6) is 0.381. The van der Waals surface area contributed by atoms with Gasteiger partial charge in [0.1, 0.15) is 35.8 Å². The van der Waals surface area contributed by atoms with Crippen LogP contribution in [0.5, 0.6) is 5.75 Å². The Balaban J connectivity index is 1.30. The van der Waals surface area contributed by atoms with Crippen LogP contribution >= 0.6 is 11.6 Å². The van der Waals surface area contributed by atoms with Crippen molar-refractivity contribution in [3.8, 4) is 22.9 Å². The van der Waals surface area contributed by atoms with Gasteiger partial charge in [0.25, 0.3) is 5.91 Å². The summed E-state index contributed by atoms with van der Waals surface area (Å²) in [6.07, 6.45) is 7.36. The van der Waals surface area contributed by atoms with Crippen LogP contribution < -0.4 is 15.0 Å². The molecule has 0 saturated carbocycles. The van der Waals surface area contributed by atoms with Gasteiger partial charge in [0.15, 0.2) is 0 Å². The van der Waals surface area contributed by atoms with Crippen molar-refractivity contribution in [3.63, 3.8) is 0 Å². The van der Waals surface area contributed by atoms with Gasteiger partial charge >= 0.3 is 0 Å². The Labute approximate surface area is 235 Å². The van der Waals surface area contributed by atoms with Gasteiger partial charge in [-0.15, -0.1) is 0 Å². The molecule has 0 spiro atoms. The number of hydrogen-bond acceptors (Lipinski definition) is 8. The molecule has 1 N–H and O–H groups in total. The minimum Gasteiger partial charge on any atom is -0.490 e. The van der Waals surface area contributed by atoms with Crippen LogP contribution in [-0.2, 0) is 4.74 Å². The van der Waals surface area contributed by atoms with Crippen molar-refractivity contribution >= 4 is 28.8 Å². The Kier molecular flexibility index (Phi) is 7.82. The Morgan fingerprint density at radius 3 is 2.67 bits per heavy atom. The predicted molar refractivity (Wildman–Crippen MR) is 147 cm³/mol. The van der Waals surface area contributed by atoms with E-state index in [-0.39, 0.29) is 10.7 Å². The highest BCUT2D eigenvalue weighted by molar-refractivity contribution is 6.33. The standard InChI is InChI=1S/C28H27ClFN7O3/c1-28(35-27(38)25-23(29)11-20(30)16-33-25)5-7-36(8-6-28)24-4-3-18(14-32-24)22-12-21(40-10-9-39-2)17-37-26(22)19(13-31)15-34-37/h3-4,11-12,14-17H,5-10H2,1-2H3,(H,35,38). The largest absolute Gasteiger partial charge is 0.490 e. The Morgan fingerprint density at radius 2 is 2.00 bits per heavy atom. The molecule has 1 aliphatic heterocycles. The summed E-state index contributed by atoms with van der Waals surface area (Å²) in [4.78, 5) is 23.4. The minimum absolute atomic E-state index is 0.00370. The smallest absolute Gasteiger partial charge is 0.271 e. The average molecular weight is 564 g/mol. The van der Waals surface area contributed by atoms with Crippen molar-refractivity contribution in [1.82, 2.24) is 24.9 Å². The second-order valence-corrected chi connectivity index (χ2v) is 10.2. The number of fused-ring (bicyclic) bond motifs is 1. The first-order valence-electron chi connectivity index (χ1n) is 12.7. The number of nitriles is 1. The van der Waals surface area contributed by atoms with Gasteiger partial charge in [-0.3, -0.25) is 4.79 Å². The summed E-state index contributed by atoms with van der Waals surface area (Å²) in [7, 11) is 1.61. The van der Waals surface area contributed by atoms with Gasteiger partial charge in [0.05, 0.1) is 41.3 Å². The molecule has 0 aliphatic carbocycles. The number of amides is 1. The van der Waals surface area contributed by atoms with E-state index in [1.165, 1.54) is 6.20 Å². The average Bonchev–Trinajstić information content (AvgIpc) is 3.36. The lowest BCUT2D eigenvalue weighted by molar-refractivity contribution is 0.0886. The van der Waals surface area contributed by atoms with Crippen molar-refractivity contribution in [2.45, 2.75) is 25.3 Å². The highest BCUT2D eigenvalue weighted by atomic mass is 35.5. The summed E-state index contributed by atoms with van der Waals surface area (Å²) >= 11 is 6.01. The number of carbonyl (C=O) groups excluding carboxylic acids is 1. The topological polar surface area (TPSA) is 118 Å². The zero-order valence-electron chi connectivity index (χ0n) is 22.0. The van der Waals surface area contributed by atoms with E-state index in [9.17, 15) is 14.4 Å². The molecule has 12 heteroatoms. The number of methoxy groups -OCH3 is 1. The summed E-state index contributed by atoms with van der Waals surface area (Å²) in [5.41, 5.74) is 2.26. The molecule has 40 heavy (non-hydrogen) atoms. The molecule has 206 valence electrons. The maximum absolute atomic E-state index is 13.3. The number of carbonyl (C=O) groups is 1. The molecule has 5 rings (SSSR count). The summed E-state index contributed by atoms with van der Waals surface area (Å²) < 4.78 is 25.8. The lowest BCUT2D eigenvalue weighted by Crippen LogP contribution is -2.53. The van der Waals surface area contributed by atoms with Crippen LogP contribution in [0.3, 0.4) is 0 Å². The van der Waals surface area contributed by atoms with Crippen molar-refractivity contribution in [1.29, 1.82) is 5.26 Å². The molecule has 4 aromatic rings. The molecule has 0 atom stereocenters. The quantitative estimate of drug-likeness (QED) is 0.316. The van der Waals surface area contributed by atoms with Crippen LogP contribution in [0.15, 0.2) is 49.1 Å². The monoisotopic (exact) mass is 563 g/mol. The summed E-state index contributed by atoms with van der Waals surface area (Å²) in [5, 5.41) is 16.9. The highest BCUT2D eigenvalue weighted by Crippen LogP contribution is 2.32. The van der Waals surface area contributed by atoms with Gasteiger partial charge < -0.3 is 19.7 Å². The van der Waals surface area contributed by atoms with E-state index in [1.54, 1.807) is 24.0 Å². The summed E-state index contributed by atoms with van der Waals surface area (Å²) in [6.45, 7) is 4.14. The van der Waals surface area contributed by atoms with Crippen molar-refractivity contribution < 1.29 is 18.7 Å². The van der Waals surface area contributed by atoms with E-state index in [0.717, 1.165) is 29.2 Å². The third-order valence-corrected chi connectivity index (χ3v) is 7.24. The van der Waals surface area contributed by atoms with E-state index in [2.05, 4.69) is 26.4 Å². The van der Waals surface area contributed by atoms with Crippen LogP contribution in [-0.4, -0.2) is 64.4 Å². The molecular formula is C28H27ClFN7O3. The number of pyridine rings is 3. The lowest BCUT2D eigenvalue weighted by atomic mass is 9.89. The van der Waals surface area contributed by atoms with Crippen molar-refractivity contribution in [3.05, 3.63) is 71.2 Å². The number of ether oxygens (including phenoxy) is 2. The number of halogens is 2. The van der Waals surface area contributed by atoms with E-state index in [4.69, 9.17) is 26.1 Å². The number of piperidine rings is 1. The van der Waals surface area contributed by atoms with Crippen molar-refractivity contribution in [2.24, 2.45) is 0 Å². The SMILES string of the molecule is COCCOc1cc(-c2ccc(N3CCC(C)(NC(=O)c4ncc(F)cc4Cl)CC3)nc2)c2c(C#N)cnn2c1. The van der Waals surface area contributed by atoms with Gasteiger partial charge in [0, 0.05) is 43.1 Å². The second-order valence-electron chi connectivity index (χ2n) is 9.78. The molecule has 0 unspecified atom stereocenters. The van der Waals surface area contributed by atoms with E-state index < -0.39 is 17.3 Å². The van der Waals surface area contributed by atoms with E-state index in [1.807, 2.05) is 25.1 Å². The molecule has 1 amide bonds. The fourth-order valence-electron chi connectivity index (χ4n) is 4.72. The Bertz CT molecular complexity index is 1580. The maximum atomic E-state index is 13.3. The van der Waals surface area contributed by atoms with Gasteiger partial charge in [-0.25, -0.2) is 18.9 Å². The first-order valence-corrected chi connectivity index (χ1v) is 13.1. The summed E-state index contributed by atoms with van der Waals surface area (Å²) in [6, 6.07) is 9.06. The molecular weight excluding hydrogens is 537 g/mol. The molecule has 0 bridgehead atoms. The fraction of sp³-hybridized carbons (Fsp3) is 0.321. The number of nitrogens with one attached hydrogen (secondary N) is 1. The zero-order valence-corrected chi connectivity index (χ0v) is 22.8. The third kappa shape index (κ3) is 5.68. The molecule has 1 saturated heterocycles. The van der Waals surface area contributed by atoms with E-state index >= 15 is 0 Å². The molecule has 5 heterocycles. The lowest BCUT2D eigenvalue weighted by Gasteiger charge is -2.40. The predicted octanol–water partition coefficient (Wildman–Crippen LogP) is 4.27. The fourth-order valence-corrected chi connectivity index (χ4v) is 4.96. The zero-order chi connectivity index (χ0) is 28.3. The third-order valence-electron chi connectivity index (χ3n) is 6.95. The Hall–Kier alpha value is -4.27. The van der Waals surface area contributed by atoms with Crippen LogP contribution in [0.4, 0.5) is 10.2 Å². The molecule has 4 aromatic heterocycles. The minimum atomic E-state index is -0.595. The molecule has 0 aromatic carbocycles. The second kappa shape index (κ2) is 11.5. The van der Waals surface area contributed by atoms with E-state index in [0.29, 0.717) is 56.0 Å². The van der Waals surface area contributed by atoms with Gasteiger partial charge in [-0.05, 0) is 44.0 Å². The molecule has 10 nitrogen and oxygen atoms in total. The number of nitrogens with zero attached hydrogens (tertiary/aromatic N) is 6. The van der Waals surface area contributed by atoms with Crippen LogP contribution in [0.2, 0.25) is 5.02 Å². The number of aromatic nitrogens is 4. The van der Waals surface area contributed by atoms with Gasteiger partial charge in [-0.2, -0.15) is 10.4 Å². The molecule has 1 aliphatic rings.